The topological polar surface area (TPSA) is 58.7 Å². The lowest BCUT2D eigenvalue weighted by molar-refractivity contribution is 0.123. The molecule has 1 unspecified atom stereocenters. The number of hydrogen-bond acceptors (Lipinski definition) is 4. The molecule has 3 N–H and O–H groups in total. The Hall–Kier alpha value is -1.42. The lowest BCUT2D eigenvalue weighted by Crippen LogP contribution is -2.14. The van der Waals surface area contributed by atoms with Crippen molar-refractivity contribution in [3.63, 3.8) is 0 Å². The van der Waals surface area contributed by atoms with E-state index in [1.54, 1.807) is 13.0 Å². The van der Waals surface area contributed by atoms with Crippen molar-refractivity contribution in [2.45, 2.75) is 13.0 Å². The Labute approximate surface area is 90.3 Å². The molecule has 4 heteroatoms. The Morgan fingerprint density at radius 2 is 2.13 bits per heavy atom. The monoisotopic (exact) mass is 210 g/mol. The van der Waals surface area contributed by atoms with Gasteiger partial charge in [0, 0.05) is 25.8 Å². The highest BCUT2D eigenvalue weighted by atomic mass is 16.5. The van der Waals surface area contributed by atoms with Crippen molar-refractivity contribution in [1.82, 2.24) is 0 Å². The van der Waals surface area contributed by atoms with Crippen molar-refractivity contribution in [1.29, 1.82) is 0 Å². The molecule has 15 heavy (non-hydrogen) atoms. The first-order valence-corrected chi connectivity index (χ1v) is 4.88. The number of benzene rings is 1. The van der Waals surface area contributed by atoms with Crippen LogP contribution in [0, 0.1) is 0 Å². The third-order valence-corrected chi connectivity index (χ3v) is 1.99. The van der Waals surface area contributed by atoms with Crippen LogP contribution in [-0.2, 0) is 0 Å². The first-order chi connectivity index (χ1) is 7.00. The van der Waals surface area contributed by atoms with E-state index in [0.717, 1.165) is 5.69 Å². The Morgan fingerprint density at radius 3 is 2.67 bits per heavy atom. The molecule has 0 aromatic heterocycles. The van der Waals surface area contributed by atoms with E-state index in [-0.39, 0.29) is 6.61 Å². The molecule has 0 spiro atoms. The van der Waals surface area contributed by atoms with Gasteiger partial charge < -0.3 is 20.5 Å². The summed E-state index contributed by atoms with van der Waals surface area (Å²) < 4.78 is 5.39. The molecule has 1 aromatic rings. The van der Waals surface area contributed by atoms with E-state index >= 15 is 0 Å². The van der Waals surface area contributed by atoms with Gasteiger partial charge in [-0.1, -0.05) is 0 Å². The molecule has 1 rings (SSSR count). The normalized spacial score (nSPS) is 12.3. The molecule has 0 aliphatic rings. The maximum atomic E-state index is 9.11. The van der Waals surface area contributed by atoms with Crippen molar-refractivity contribution in [3.8, 4) is 5.75 Å². The van der Waals surface area contributed by atoms with E-state index < -0.39 is 6.10 Å². The molecule has 0 aliphatic heterocycles. The van der Waals surface area contributed by atoms with Crippen LogP contribution in [0.1, 0.15) is 6.92 Å². The number of aliphatic hydroxyl groups excluding tert-OH is 1. The number of ether oxygens (including phenoxy) is 1. The zero-order chi connectivity index (χ0) is 11.4. The van der Waals surface area contributed by atoms with Crippen molar-refractivity contribution in [3.05, 3.63) is 18.2 Å². The first-order valence-electron chi connectivity index (χ1n) is 4.88. The van der Waals surface area contributed by atoms with E-state index in [4.69, 9.17) is 15.6 Å². The van der Waals surface area contributed by atoms with Crippen molar-refractivity contribution in [2.75, 3.05) is 31.3 Å². The number of nitrogens with zero attached hydrogens (tertiary/aromatic N) is 1. The van der Waals surface area contributed by atoms with Crippen LogP contribution in [0.25, 0.3) is 0 Å². The fourth-order valence-corrected chi connectivity index (χ4v) is 1.14. The highest BCUT2D eigenvalue weighted by Crippen LogP contribution is 2.26. The van der Waals surface area contributed by atoms with Crippen LogP contribution in [0.4, 0.5) is 11.4 Å². The van der Waals surface area contributed by atoms with Gasteiger partial charge in [0.25, 0.3) is 0 Å². The number of hydrogen-bond donors (Lipinski definition) is 2. The molecular formula is C11H18N2O2. The van der Waals surface area contributed by atoms with Gasteiger partial charge in [0.1, 0.15) is 12.4 Å². The zero-order valence-corrected chi connectivity index (χ0v) is 9.40. The third kappa shape index (κ3) is 3.32. The standard InChI is InChI=1S/C11H18N2O2/c1-8(14)7-15-11-6-9(13(2)3)4-5-10(11)12/h4-6,8,14H,7,12H2,1-3H3. The smallest absolute Gasteiger partial charge is 0.144 e. The number of rotatable bonds is 4. The van der Waals surface area contributed by atoms with E-state index in [9.17, 15) is 0 Å². The first kappa shape index (κ1) is 11.7. The van der Waals surface area contributed by atoms with Crippen LogP contribution < -0.4 is 15.4 Å². The summed E-state index contributed by atoms with van der Waals surface area (Å²) in [7, 11) is 3.90. The number of aliphatic hydroxyl groups is 1. The molecule has 1 aromatic carbocycles. The predicted molar refractivity (Wildman–Crippen MR) is 62.4 cm³/mol. The van der Waals surface area contributed by atoms with E-state index in [0.29, 0.717) is 11.4 Å². The highest BCUT2D eigenvalue weighted by molar-refractivity contribution is 5.61. The average Bonchev–Trinajstić information content (AvgIpc) is 2.16. The number of anilines is 2. The van der Waals surface area contributed by atoms with Gasteiger partial charge in [-0.3, -0.25) is 0 Å². The summed E-state index contributed by atoms with van der Waals surface area (Å²) in [6.07, 6.45) is -0.493. The molecule has 0 bridgehead atoms. The molecule has 1 atom stereocenters. The second kappa shape index (κ2) is 4.89. The third-order valence-electron chi connectivity index (χ3n) is 1.99. The quantitative estimate of drug-likeness (QED) is 0.730. The van der Waals surface area contributed by atoms with Crippen LogP contribution in [0.5, 0.6) is 5.75 Å². The van der Waals surface area contributed by atoms with E-state index in [2.05, 4.69) is 0 Å². The molecule has 0 saturated carbocycles. The summed E-state index contributed by atoms with van der Waals surface area (Å²) in [5.41, 5.74) is 7.35. The summed E-state index contributed by atoms with van der Waals surface area (Å²) in [6, 6.07) is 5.58. The summed E-state index contributed by atoms with van der Waals surface area (Å²) in [5.74, 6) is 0.613. The second-order valence-electron chi connectivity index (χ2n) is 3.78. The molecule has 0 amide bonds. The average molecular weight is 210 g/mol. The van der Waals surface area contributed by atoms with Crippen LogP contribution >= 0.6 is 0 Å². The Balaban J connectivity index is 2.81. The van der Waals surface area contributed by atoms with Gasteiger partial charge in [0.05, 0.1) is 11.8 Å². The lowest BCUT2D eigenvalue weighted by atomic mass is 10.2. The van der Waals surface area contributed by atoms with Gasteiger partial charge in [0.15, 0.2) is 0 Å². The van der Waals surface area contributed by atoms with Gasteiger partial charge in [0.2, 0.25) is 0 Å². The SMILES string of the molecule is CC(O)COc1cc(N(C)C)ccc1N. The molecule has 0 heterocycles. The molecule has 0 fully saturated rings. The van der Waals surface area contributed by atoms with E-state index in [1.165, 1.54) is 0 Å². The molecule has 0 radical (unpaired) electrons. The maximum absolute atomic E-state index is 9.11. The molecule has 84 valence electrons. The van der Waals surface area contributed by atoms with Gasteiger partial charge in [-0.05, 0) is 19.1 Å². The van der Waals surface area contributed by atoms with Crippen LogP contribution in [0.15, 0.2) is 18.2 Å². The fourth-order valence-electron chi connectivity index (χ4n) is 1.14. The highest BCUT2D eigenvalue weighted by Gasteiger charge is 2.05. The van der Waals surface area contributed by atoms with Crippen LogP contribution in [0.2, 0.25) is 0 Å². The van der Waals surface area contributed by atoms with Crippen molar-refractivity contribution in [2.24, 2.45) is 0 Å². The van der Waals surface area contributed by atoms with Gasteiger partial charge in [-0.2, -0.15) is 0 Å². The minimum absolute atomic E-state index is 0.251. The van der Waals surface area contributed by atoms with Crippen molar-refractivity contribution >= 4 is 11.4 Å². The summed E-state index contributed by atoms with van der Waals surface area (Å²) in [5, 5.41) is 9.11. The summed E-state index contributed by atoms with van der Waals surface area (Å²) in [6.45, 7) is 1.92. The van der Waals surface area contributed by atoms with Crippen molar-refractivity contribution < 1.29 is 9.84 Å². The van der Waals surface area contributed by atoms with Gasteiger partial charge >= 0.3 is 0 Å². The molecule has 0 aliphatic carbocycles. The Bertz CT molecular complexity index is 324. The number of nitrogens with two attached hydrogens (primary N) is 1. The predicted octanol–water partition coefficient (Wildman–Crippen LogP) is 1.09. The van der Waals surface area contributed by atoms with E-state index in [1.807, 2.05) is 31.1 Å². The molecule has 4 nitrogen and oxygen atoms in total. The Morgan fingerprint density at radius 1 is 1.47 bits per heavy atom. The molecular weight excluding hydrogens is 192 g/mol. The van der Waals surface area contributed by atoms with Gasteiger partial charge in [-0.15, -0.1) is 0 Å². The number of nitrogen functional groups attached to an aromatic ring is 1. The Kier molecular flexibility index (Phi) is 3.80. The summed E-state index contributed by atoms with van der Waals surface area (Å²) >= 11 is 0. The largest absolute Gasteiger partial charge is 0.489 e. The second-order valence-corrected chi connectivity index (χ2v) is 3.78. The summed E-state index contributed by atoms with van der Waals surface area (Å²) in [4.78, 5) is 1.97. The van der Waals surface area contributed by atoms with Crippen LogP contribution in [-0.4, -0.2) is 31.9 Å². The zero-order valence-electron chi connectivity index (χ0n) is 9.40. The molecule has 0 saturated heterocycles. The van der Waals surface area contributed by atoms with Gasteiger partial charge in [-0.25, -0.2) is 0 Å². The van der Waals surface area contributed by atoms with Crippen LogP contribution in [0.3, 0.4) is 0 Å². The maximum Gasteiger partial charge on any atom is 0.144 e. The minimum Gasteiger partial charge on any atom is -0.489 e. The minimum atomic E-state index is -0.493. The lowest BCUT2D eigenvalue weighted by Gasteiger charge is -2.16. The fraction of sp³-hybridized carbons (Fsp3) is 0.455.